The number of hydrogen-bond donors (Lipinski definition) is 2. The summed E-state index contributed by atoms with van der Waals surface area (Å²) in [6.45, 7) is 3.94. The van der Waals surface area contributed by atoms with E-state index >= 15 is 0 Å². The number of carbonyl (C=O) groups is 1. The molecule has 0 aliphatic heterocycles. The Morgan fingerprint density at radius 3 is 2.76 bits per heavy atom. The fourth-order valence-corrected chi connectivity index (χ4v) is 3.21. The number of hydrogen-bond acceptors (Lipinski definition) is 4. The van der Waals surface area contributed by atoms with E-state index in [2.05, 4.69) is 10.3 Å². The van der Waals surface area contributed by atoms with Gasteiger partial charge in [-0.2, -0.15) is 0 Å². The summed E-state index contributed by atoms with van der Waals surface area (Å²) in [5.74, 6) is -0.196. The van der Waals surface area contributed by atoms with Crippen molar-refractivity contribution in [1.29, 1.82) is 0 Å². The molecule has 0 atom stereocenters. The lowest BCUT2D eigenvalue weighted by atomic mass is 10.1. The summed E-state index contributed by atoms with van der Waals surface area (Å²) in [6.07, 6.45) is 3.37. The molecule has 2 aromatic heterocycles. The molecule has 3 rings (SSSR count). The van der Waals surface area contributed by atoms with Crippen molar-refractivity contribution in [2.75, 3.05) is 11.1 Å². The highest BCUT2D eigenvalue weighted by molar-refractivity contribution is 7.21. The number of rotatable bonds is 2. The second-order valence-corrected chi connectivity index (χ2v) is 6.10. The first kappa shape index (κ1) is 13.6. The van der Waals surface area contributed by atoms with Crippen LogP contribution in [0.2, 0.25) is 0 Å². The quantitative estimate of drug-likeness (QED) is 0.757. The highest BCUT2D eigenvalue weighted by atomic mass is 32.1. The molecule has 3 aromatic rings. The lowest BCUT2D eigenvalue weighted by Crippen LogP contribution is -2.12. The van der Waals surface area contributed by atoms with E-state index in [0.717, 1.165) is 21.2 Å². The SMILES string of the molecule is Cc1cncc(NC(=O)c2sc3ccc(C)cc3c2N)c1. The van der Waals surface area contributed by atoms with E-state index in [1.165, 1.54) is 11.3 Å². The second kappa shape index (κ2) is 5.18. The maximum absolute atomic E-state index is 12.4. The van der Waals surface area contributed by atoms with Gasteiger partial charge in [0.2, 0.25) is 0 Å². The number of pyridine rings is 1. The molecule has 5 heteroatoms. The van der Waals surface area contributed by atoms with Gasteiger partial charge < -0.3 is 11.1 Å². The van der Waals surface area contributed by atoms with Crippen molar-refractivity contribution in [2.24, 2.45) is 0 Å². The topological polar surface area (TPSA) is 68.0 Å². The Balaban J connectivity index is 1.96. The van der Waals surface area contributed by atoms with Gasteiger partial charge in [-0.3, -0.25) is 9.78 Å². The van der Waals surface area contributed by atoms with Gasteiger partial charge in [-0.1, -0.05) is 11.6 Å². The molecule has 21 heavy (non-hydrogen) atoms. The van der Waals surface area contributed by atoms with Crippen LogP contribution in [0.4, 0.5) is 11.4 Å². The van der Waals surface area contributed by atoms with Crippen molar-refractivity contribution in [3.8, 4) is 0 Å². The maximum atomic E-state index is 12.4. The smallest absolute Gasteiger partial charge is 0.267 e. The predicted molar refractivity (Wildman–Crippen MR) is 87.9 cm³/mol. The zero-order valence-corrected chi connectivity index (χ0v) is 12.6. The van der Waals surface area contributed by atoms with E-state index in [1.54, 1.807) is 12.4 Å². The molecule has 0 bridgehead atoms. The number of aryl methyl sites for hydroxylation is 2. The van der Waals surface area contributed by atoms with Crippen molar-refractivity contribution in [3.63, 3.8) is 0 Å². The van der Waals surface area contributed by atoms with Gasteiger partial charge in [-0.05, 0) is 37.6 Å². The zero-order chi connectivity index (χ0) is 15.0. The summed E-state index contributed by atoms with van der Waals surface area (Å²) in [5, 5.41) is 3.78. The average Bonchev–Trinajstić information content (AvgIpc) is 2.76. The van der Waals surface area contributed by atoms with Crippen LogP contribution in [0.1, 0.15) is 20.8 Å². The number of nitrogens with zero attached hydrogens (tertiary/aromatic N) is 1. The van der Waals surface area contributed by atoms with Crippen molar-refractivity contribution in [2.45, 2.75) is 13.8 Å². The van der Waals surface area contributed by atoms with Crippen molar-refractivity contribution in [3.05, 3.63) is 52.7 Å². The number of nitrogen functional groups attached to an aromatic ring is 1. The van der Waals surface area contributed by atoms with Gasteiger partial charge in [0, 0.05) is 16.3 Å². The normalized spacial score (nSPS) is 10.8. The molecule has 0 saturated carbocycles. The largest absolute Gasteiger partial charge is 0.397 e. The third kappa shape index (κ3) is 2.60. The summed E-state index contributed by atoms with van der Waals surface area (Å²) >= 11 is 1.41. The molecule has 0 fully saturated rings. The number of nitrogens with two attached hydrogens (primary N) is 1. The average molecular weight is 297 g/mol. The monoisotopic (exact) mass is 297 g/mol. The van der Waals surface area contributed by atoms with E-state index in [4.69, 9.17) is 5.73 Å². The van der Waals surface area contributed by atoms with Gasteiger partial charge in [0.05, 0.1) is 17.6 Å². The van der Waals surface area contributed by atoms with Crippen LogP contribution in [0.25, 0.3) is 10.1 Å². The van der Waals surface area contributed by atoms with Gasteiger partial charge in [-0.25, -0.2) is 0 Å². The summed E-state index contributed by atoms with van der Waals surface area (Å²) in [6, 6.07) is 7.89. The maximum Gasteiger partial charge on any atom is 0.267 e. The molecule has 0 unspecified atom stereocenters. The van der Waals surface area contributed by atoms with Crippen LogP contribution in [0.15, 0.2) is 36.7 Å². The fraction of sp³-hybridized carbons (Fsp3) is 0.125. The van der Waals surface area contributed by atoms with Gasteiger partial charge in [0.15, 0.2) is 0 Å². The first-order chi connectivity index (χ1) is 10.0. The zero-order valence-electron chi connectivity index (χ0n) is 11.8. The van der Waals surface area contributed by atoms with E-state index in [-0.39, 0.29) is 5.91 Å². The van der Waals surface area contributed by atoms with E-state index in [9.17, 15) is 4.79 Å². The Hall–Kier alpha value is -2.40. The number of thiophene rings is 1. The van der Waals surface area contributed by atoms with Crippen LogP contribution in [0.3, 0.4) is 0 Å². The van der Waals surface area contributed by atoms with Crippen LogP contribution < -0.4 is 11.1 Å². The third-order valence-corrected chi connectivity index (χ3v) is 4.41. The summed E-state index contributed by atoms with van der Waals surface area (Å²) < 4.78 is 1.02. The molecule has 0 saturated heterocycles. The number of aromatic nitrogens is 1. The number of amides is 1. The van der Waals surface area contributed by atoms with E-state index in [1.807, 2.05) is 38.1 Å². The Labute approximate surface area is 126 Å². The van der Waals surface area contributed by atoms with Gasteiger partial charge >= 0.3 is 0 Å². The third-order valence-electron chi connectivity index (χ3n) is 3.22. The lowest BCUT2D eigenvalue weighted by molar-refractivity contribution is 0.103. The molecular weight excluding hydrogens is 282 g/mol. The van der Waals surface area contributed by atoms with E-state index < -0.39 is 0 Å². The molecule has 0 radical (unpaired) electrons. The lowest BCUT2D eigenvalue weighted by Gasteiger charge is -2.04. The Bertz CT molecular complexity index is 839. The molecule has 0 aliphatic carbocycles. The summed E-state index contributed by atoms with van der Waals surface area (Å²) in [4.78, 5) is 17.0. The Morgan fingerprint density at radius 2 is 2.00 bits per heavy atom. The van der Waals surface area contributed by atoms with Gasteiger partial charge in [0.1, 0.15) is 4.88 Å². The molecule has 1 aromatic carbocycles. The molecular formula is C16H15N3OS. The summed E-state index contributed by atoms with van der Waals surface area (Å²) in [7, 11) is 0. The molecule has 4 nitrogen and oxygen atoms in total. The minimum atomic E-state index is -0.196. The van der Waals surface area contributed by atoms with Crippen molar-refractivity contribution < 1.29 is 4.79 Å². The molecule has 2 heterocycles. The van der Waals surface area contributed by atoms with Crippen LogP contribution in [-0.2, 0) is 0 Å². The molecule has 106 valence electrons. The van der Waals surface area contributed by atoms with Crippen molar-refractivity contribution >= 4 is 38.7 Å². The predicted octanol–water partition coefficient (Wildman–Crippen LogP) is 3.75. The van der Waals surface area contributed by atoms with E-state index in [0.29, 0.717) is 16.3 Å². The van der Waals surface area contributed by atoms with Crippen LogP contribution in [-0.4, -0.2) is 10.9 Å². The molecule has 3 N–H and O–H groups in total. The Morgan fingerprint density at radius 1 is 1.19 bits per heavy atom. The summed E-state index contributed by atoms with van der Waals surface area (Å²) in [5.41, 5.74) is 9.46. The number of nitrogens with one attached hydrogen (secondary N) is 1. The first-order valence-corrected chi connectivity index (χ1v) is 7.38. The van der Waals surface area contributed by atoms with Crippen molar-refractivity contribution in [1.82, 2.24) is 4.98 Å². The van der Waals surface area contributed by atoms with Crippen LogP contribution >= 0.6 is 11.3 Å². The Kier molecular flexibility index (Phi) is 3.35. The second-order valence-electron chi connectivity index (χ2n) is 5.05. The first-order valence-electron chi connectivity index (χ1n) is 6.56. The highest BCUT2D eigenvalue weighted by Crippen LogP contribution is 2.34. The standard InChI is InChI=1S/C16H15N3OS/c1-9-3-4-13-12(6-9)14(17)15(21-13)16(20)19-11-5-10(2)7-18-8-11/h3-8H,17H2,1-2H3,(H,19,20). The van der Waals surface area contributed by atoms with Gasteiger partial charge in [-0.15, -0.1) is 11.3 Å². The number of anilines is 2. The number of benzene rings is 1. The molecule has 1 amide bonds. The number of fused-ring (bicyclic) bond motifs is 1. The molecule has 0 spiro atoms. The molecule has 0 aliphatic rings. The van der Waals surface area contributed by atoms with Gasteiger partial charge in [0.25, 0.3) is 5.91 Å². The number of carbonyl (C=O) groups excluding carboxylic acids is 1. The highest BCUT2D eigenvalue weighted by Gasteiger charge is 2.16. The van der Waals surface area contributed by atoms with Crippen LogP contribution in [0, 0.1) is 13.8 Å². The minimum Gasteiger partial charge on any atom is -0.397 e. The minimum absolute atomic E-state index is 0.196. The van der Waals surface area contributed by atoms with Crippen LogP contribution in [0.5, 0.6) is 0 Å². The fourth-order valence-electron chi connectivity index (χ4n) is 2.21.